The van der Waals surface area contributed by atoms with Crippen LogP contribution in [0.2, 0.25) is 5.02 Å². The third-order valence-electron chi connectivity index (χ3n) is 5.27. The topological polar surface area (TPSA) is 46.9 Å². The molecule has 0 saturated carbocycles. The minimum absolute atomic E-state index is 0. The Hall–Kier alpha value is -0.660. The van der Waals surface area contributed by atoms with E-state index in [1.165, 1.54) is 20.9 Å². The summed E-state index contributed by atoms with van der Waals surface area (Å²) in [6.07, 6.45) is 0.888. The lowest BCUT2D eigenvalue weighted by atomic mass is 9.96. The van der Waals surface area contributed by atoms with E-state index in [1.54, 1.807) is 17.8 Å². The van der Waals surface area contributed by atoms with Gasteiger partial charge in [0.1, 0.15) is 5.75 Å². The molecule has 2 aliphatic rings. The number of aromatic hydroxyl groups is 1. The van der Waals surface area contributed by atoms with Crippen LogP contribution in [0.3, 0.4) is 0 Å². The molecule has 1 atom stereocenters. The molecule has 0 spiro atoms. The lowest BCUT2D eigenvalue weighted by Gasteiger charge is -2.39. The van der Waals surface area contributed by atoms with Gasteiger partial charge in [0.25, 0.3) is 0 Å². The summed E-state index contributed by atoms with van der Waals surface area (Å²) >= 11 is 8.02. The van der Waals surface area contributed by atoms with Crippen LogP contribution in [-0.4, -0.2) is 59.3 Å². The van der Waals surface area contributed by atoms with Crippen LogP contribution < -0.4 is 0 Å². The molecule has 2 N–H and O–H groups in total. The average Bonchev–Trinajstić information content (AvgIpc) is 2.79. The SMILES string of the molecule is Cl.Cl.OCCN1CCN(C2Cc3cc(Cl)ccc3Sc3ccc(O)cc32)CC1. The first-order valence-electron chi connectivity index (χ1n) is 9.00. The van der Waals surface area contributed by atoms with Gasteiger partial charge in [-0.25, -0.2) is 0 Å². The van der Waals surface area contributed by atoms with Gasteiger partial charge in [-0.2, -0.15) is 0 Å². The molecule has 1 saturated heterocycles. The first-order chi connectivity index (χ1) is 12.6. The van der Waals surface area contributed by atoms with Crippen LogP contribution in [0.5, 0.6) is 5.75 Å². The number of β-amino-alcohol motifs (C(OH)–C–C–N with tert-alkyl or cyclic N) is 1. The molecule has 0 aromatic heterocycles. The van der Waals surface area contributed by atoms with Gasteiger partial charge < -0.3 is 10.2 Å². The van der Waals surface area contributed by atoms with Crippen molar-refractivity contribution in [1.29, 1.82) is 0 Å². The number of phenols is 1. The number of aliphatic hydroxyl groups excluding tert-OH is 1. The minimum Gasteiger partial charge on any atom is -0.508 e. The van der Waals surface area contributed by atoms with E-state index < -0.39 is 0 Å². The highest BCUT2D eigenvalue weighted by atomic mass is 35.5. The predicted molar refractivity (Wildman–Crippen MR) is 120 cm³/mol. The van der Waals surface area contributed by atoms with Crippen LogP contribution in [0.25, 0.3) is 0 Å². The standard InChI is InChI=1S/C20H23ClN2O2S.2ClH/c21-15-1-3-19-14(11-15)12-18(17-13-16(25)2-4-20(17)26-19)23-7-5-22(6-8-23)9-10-24;;/h1-4,11,13,18,24-25H,5-10,12H2;2*1H. The van der Waals surface area contributed by atoms with Gasteiger partial charge in [0.2, 0.25) is 0 Å². The zero-order valence-corrected chi connectivity index (χ0v) is 18.6. The number of rotatable bonds is 3. The lowest BCUT2D eigenvalue weighted by molar-refractivity contribution is 0.0823. The van der Waals surface area contributed by atoms with Gasteiger partial charge in [-0.3, -0.25) is 9.80 Å². The number of hydrogen-bond donors (Lipinski definition) is 2. The summed E-state index contributed by atoms with van der Waals surface area (Å²) in [5.74, 6) is 0.317. The highest BCUT2D eigenvalue weighted by molar-refractivity contribution is 7.99. The number of halogens is 3. The first-order valence-corrected chi connectivity index (χ1v) is 10.2. The van der Waals surface area contributed by atoms with E-state index in [4.69, 9.17) is 16.7 Å². The van der Waals surface area contributed by atoms with Gasteiger partial charge >= 0.3 is 0 Å². The van der Waals surface area contributed by atoms with Crippen molar-refractivity contribution in [3.8, 4) is 5.75 Å². The first kappa shape index (κ1) is 23.6. The number of phenolic OH excluding ortho intramolecular Hbond substituents is 1. The summed E-state index contributed by atoms with van der Waals surface area (Å²) in [6.45, 7) is 4.79. The van der Waals surface area contributed by atoms with Gasteiger partial charge in [-0.1, -0.05) is 23.4 Å². The summed E-state index contributed by atoms with van der Waals surface area (Å²) in [6, 6.07) is 12.0. The Morgan fingerprint density at radius 2 is 1.71 bits per heavy atom. The number of fused-ring (bicyclic) bond motifs is 2. The second-order valence-electron chi connectivity index (χ2n) is 6.90. The molecule has 2 aromatic rings. The van der Waals surface area contributed by atoms with Crippen molar-refractivity contribution in [1.82, 2.24) is 9.80 Å². The maximum Gasteiger partial charge on any atom is 0.115 e. The van der Waals surface area contributed by atoms with Gasteiger partial charge in [0, 0.05) is 53.6 Å². The Morgan fingerprint density at radius 1 is 1.00 bits per heavy atom. The zero-order chi connectivity index (χ0) is 18.1. The van der Waals surface area contributed by atoms with Gasteiger partial charge in [-0.05, 0) is 53.9 Å². The summed E-state index contributed by atoms with van der Waals surface area (Å²) in [5.41, 5.74) is 2.46. The number of piperazine rings is 1. The smallest absolute Gasteiger partial charge is 0.115 e. The number of hydrogen-bond acceptors (Lipinski definition) is 5. The quantitative estimate of drug-likeness (QED) is 0.713. The fourth-order valence-corrected chi connectivity index (χ4v) is 5.19. The molecule has 154 valence electrons. The van der Waals surface area contributed by atoms with Crippen LogP contribution in [0.4, 0.5) is 0 Å². The normalized spacial score (nSPS) is 19.6. The Balaban J connectivity index is 0.00000140. The van der Waals surface area contributed by atoms with E-state index in [9.17, 15) is 5.11 Å². The van der Waals surface area contributed by atoms with E-state index >= 15 is 0 Å². The fraction of sp³-hybridized carbons (Fsp3) is 0.400. The fourth-order valence-electron chi connectivity index (χ4n) is 3.90. The van der Waals surface area contributed by atoms with Gasteiger partial charge in [0.05, 0.1) is 6.61 Å². The zero-order valence-electron chi connectivity index (χ0n) is 15.4. The minimum atomic E-state index is 0. The highest BCUT2D eigenvalue weighted by Crippen LogP contribution is 2.44. The van der Waals surface area contributed by atoms with Crippen LogP contribution in [0, 0.1) is 0 Å². The van der Waals surface area contributed by atoms with Crippen molar-refractivity contribution in [2.45, 2.75) is 22.3 Å². The monoisotopic (exact) mass is 462 g/mol. The van der Waals surface area contributed by atoms with Crippen LogP contribution >= 0.6 is 48.2 Å². The molecular formula is C20H25Cl3N2O2S. The molecule has 4 rings (SSSR count). The van der Waals surface area contributed by atoms with E-state index in [1.807, 2.05) is 18.2 Å². The van der Waals surface area contributed by atoms with Crippen LogP contribution in [0.1, 0.15) is 17.2 Å². The summed E-state index contributed by atoms with van der Waals surface area (Å²) in [5, 5.41) is 20.0. The molecule has 4 nitrogen and oxygen atoms in total. The molecule has 28 heavy (non-hydrogen) atoms. The Bertz CT molecular complexity index is 801. The third-order valence-corrected chi connectivity index (χ3v) is 6.72. The molecule has 2 aromatic carbocycles. The van der Waals surface area contributed by atoms with E-state index in [0.29, 0.717) is 5.75 Å². The third kappa shape index (κ3) is 5.08. The van der Waals surface area contributed by atoms with Crippen molar-refractivity contribution < 1.29 is 10.2 Å². The number of benzene rings is 2. The van der Waals surface area contributed by atoms with Crippen LogP contribution in [-0.2, 0) is 6.42 Å². The highest BCUT2D eigenvalue weighted by Gasteiger charge is 2.30. The number of aliphatic hydroxyl groups is 1. The molecule has 8 heteroatoms. The molecule has 0 bridgehead atoms. The van der Waals surface area contributed by atoms with Crippen molar-refractivity contribution >= 4 is 48.2 Å². The Labute approximate surface area is 187 Å². The largest absolute Gasteiger partial charge is 0.508 e. The van der Waals surface area contributed by atoms with Crippen molar-refractivity contribution in [3.05, 3.63) is 52.5 Å². The van der Waals surface area contributed by atoms with Crippen molar-refractivity contribution in [2.24, 2.45) is 0 Å². The predicted octanol–water partition coefficient (Wildman–Crippen LogP) is 4.25. The Morgan fingerprint density at radius 3 is 2.43 bits per heavy atom. The van der Waals surface area contributed by atoms with Gasteiger partial charge in [0.15, 0.2) is 0 Å². The van der Waals surface area contributed by atoms with Crippen LogP contribution in [0.15, 0.2) is 46.2 Å². The summed E-state index contributed by atoms with van der Waals surface area (Å²) in [7, 11) is 0. The summed E-state index contributed by atoms with van der Waals surface area (Å²) < 4.78 is 0. The summed E-state index contributed by atoms with van der Waals surface area (Å²) in [4.78, 5) is 7.24. The van der Waals surface area contributed by atoms with E-state index in [-0.39, 0.29) is 37.5 Å². The van der Waals surface area contributed by atoms with E-state index in [2.05, 4.69) is 21.9 Å². The molecule has 0 aliphatic carbocycles. The van der Waals surface area contributed by atoms with Gasteiger partial charge in [-0.15, -0.1) is 24.8 Å². The molecule has 0 radical (unpaired) electrons. The molecule has 0 amide bonds. The van der Waals surface area contributed by atoms with Crippen molar-refractivity contribution in [2.75, 3.05) is 39.3 Å². The maximum absolute atomic E-state index is 10.1. The second-order valence-corrected chi connectivity index (χ2v) is 8.42. The number of nitrogens with zero attached hydrogens (tertiary/aromatic N) is 2. The molecule has 2 heterocycles. The second kappa shape index (κ2) is 10.4. The molecule has 2 aliphatic heterocycles. The van der Waals surface area contributed by atoms with Crippen molar-refractivity contribution in [3.63, 3.8) is 0 Å². The average molecular weight is 464 g/mol. The molecule has 1 unspecified atom stereocenters. The Kier molecular flexibility index (Phi) is 8.77. The molecule has 1 fully saturated rings. The van der Waals surface area contributed by atoms with E-state index in [0.717, 1.165) is 44.2 Å². The molecular weight excluding hydrogens is 439 g/mol. The maximum atomic E-state index is 10.1. The lowest BCUT2D eigenvalue weighted by Crippen LogP contribution is -2.48.